The predicted octanol–water partition coefficient (Wildman–Crippen LogP) is 3.86. The van der Waals surface area contributed by atoms with Crippen LogP contribution in [0.2, 0.25) is 0 Å². The van der Waals surface area contributed by atoms with Gasteiger partial charge in [0.2, 0.25) is 5.78 Å². The summed E-state index contributed by atoms with van der Waals surface area (Å²) < 4.78 is 5.56. The van der Waals surface area contributed by atoms with Gasteiger partial charge in [-0.15, -0.1) is 0 Å². The summed E-state index contributed by atoms with van der Waals surface area (Å²) >= 11 is 0. The van der Waals surface area contributed by atoms with Crippen molar-refractivity contribution in [2.45, 2.75) is 26.9 Å². The van der Waals surface area contributed by atoms with Gasteiger partial charge in [0, 0.05) is 17.7 Å². The highest BCUT2D eigenvalue weighted by Gasteiger charge is 2.17. The van der Waals surface area contributed by atoms with E-state index in [-0.39, 0.29) is 11.5 Å². The average molecular weight is 299 g/mol. The second-order valence-corrected chi connectivity index (χ2v) is 5.17. The maximum absolute atomic E-state index is 12.4. The monoisotopic (exact) mass is 299 g/mol. The van der Waals surface area contributed by atoms with Gasteiger partial charge < -0.3 is 4.74 Å². The first-order valence-electron chi connectivity index (χ1n) is 6.91. The van der Waals surface area contributed by atoms with Gasteiger partial charge in [-0.3, -0.25) is 14.9 Å². The van der Waals surface area contributed by atoms with Crippen LogP contribution in [0.4, 0.5) is 5.69 Å². The number of hydrogen-bond donors (Lipinski definition) is 0. The number of hydrogen-bond acceptors (Lipinski definition) is 4. The molecule has 0 aliphatic carbocycles. The highest BCUT2D eigenvalue weighted by molar-refractivity contribution is 5.99. The minimum absolute atomic E-state index is 0.0134. The van der Waals surface area contributed by atoms with Gasteiger partial charge in [-0.1, -0.05) is 12.1 Å². The first-order chi connectivity index (χ1) is 10.4. The van der Waals surface area contributed by atoms with Gasteiger partial charge in [-0.2, -0.15) is 0 Å². The number of nitrogens with zero attached hydrogens (tertiary/aromatic N) is 1. The molecule has 0 bridgehead atoms. The Labute approximate surface area is 128 Å². The Morgan fingerprint density at radius 3 is 2.27 bits per heavy atom. The van der Waals surface area contributed by atoms with E-state index in [1.54, 1.807) is 13.0 Å². The number of ether oxygens (including phenoxy) is 1. The van der Waals surface area contributed by atoms with Crippen molar-refractivity contribution in [2.24, 2.45) is 0 Å². The van der Waals surface area contributed by atoms with Crippen LogP contribution in [0.15, 0.2) is 42.5 Å². The lowest BCUT2D eigenvalue weighted by Crippen LogP contribution is -2.24. The van der Waals surface area contributed by atoms with E-state index in [9.17, 15) is 14.9 Å². The van der Waals surface area contributed by atoms with Crippen LogP contribution in [0.25, 0.3) is 0 Å². The van der Waals surface area contributed by atoms with Gasteiger partial charge in [-0.25, -0.2) is 0 Å². The molecule has 114 valence electrons. The Bertz CT molecular complexity index is 707. The number of non-ortho nitro benzene ring substituents is 1. The Hall–Kier alpha value is -2.69. The third-order valence-corrected chi connectivity index (χ3v) is 3.52. The summed E-state index contributed by atoms with van der Waals surface area (Å²) in [5.74, 6) is 0.303. The average Bonchev–Trinajstić information content (AvgIpc) is 2.49. The standard InChI is InChI=1S/C17H17NO4/c1-11-4-5-14(10-12(11)2)17(19)13(3)22-16-8-6-15(7-9-16)18(20)21/h4-10,13H,1-3H3/t13-/m1/s1. The molecule has 5 nitrogen and oxygen atoms in total. The van der Waals surface area contributed by atoms with E-state index in [2.05, 4.69) is 0 Å². The highest BCUT2D eigenvalue weighted by atomic mass is 16.6. The Morgan fingerprint density at radius 2 is 1.73 bits per heavy atom. The van der Waals surface area contributed by atoms with Crippen LogP contribution in [0.5, 0.6) is 5.75 Å². The third-order valence-electron chi connectivity index (χ3n) is 3.52. The van der Waals surface area contributed by atoms with E-state index in [0.717, 1.165) is 11.1 Å². The first-order valence-corrected chi connectivity index (χ1v) is 6.91. The number of rotatable bonds is 5. The summed E-state index contributed by atoms with van der Waals surface area (Å²) in [7, 11) is 0. The van der Waals surface area contributed by atoms with Gasteiger partial charge in [0.1, 0.15) is 5.75 Å². The summed E-state index contributed by atoms with van der Waals surface area (Å²) in [6.07, 6.45) is -0.663. The Morgan fingerprint density at radius 1 is 1.09 bits per heavy atom. The third kappa shape index (κ3) is 3.49. The maximum atomic E-state index is 12.4. The fourth-order valence-corrected chi connectivity index (χ4v) is 2.03. The maximum Gasteiger partial charge on any atom is 0.269 e. The topological polar surface area (TPSA) is 69.4 Å². The molecule has 0 aliphatic heterocycles. The van der Waals surface area contributed by atoms with Crippen LogP contribution < -0.4 is 4.74 Å². The molecule has 0 spiro atoms. The number of Topliss-reactive ketones (excluding diaryl/α,β-unsaturated/α-hetero) is 1. The molecule has 0 radical (unpaired) electrons. The number of carbonyl (C=O) groups excluding carboxylic acids is 1. The van der Waals surface area contributed by atoms with E-state index in [1.165, 1.54) is 24.3 Å². The largest absolute Gasteiger partial charge is 0.483 e. The molecule has 0 aromatic heterocycles. The molecule has 0 aliphatic rings. The van der Waals surface area contributed by atoms with Gasteiger partial charge >= 0.3 is 0 Å². The molecular weight excluding hydrogens is 282 g/mol. The Kier molecular flexibility index (Phi) is 4.56. The van der Waals surface area contributed by atoms with Crippen molar-refractivity contribution in [3.05, 3.63) is 69.3 Å². The van der Waals surface area contributed by atoms with Crippen LogP contribution in [-0.4, -0.2) is 16.8 Å². The number of nitro benzene ring substituents is 1. The van der Waals surface area contributed by atoms with Gasteiger partial charge in [-0.05, 0) is 50.1 Å². The molecule has 0 saturated heterocycles. The van der Waals surface area contributed by atoms with E-state index >= 15 is 0 Å². The minimum Gasteiger partial charge on any atom is -0.483 e. The van der Waals surface area contributed by atoms with Crippen LogP contribution in [-0.2, 0) is 0 Å². The van der Waals surface area contributed by atoms with E-state index < -0.39 is 11.0 Å². The fraction of sp³-hybridized carbons (Fsp3) is 0.235. The zero-order valence-electron chi connectivity index (χ0n) is 12.7. The lowest BCUT2D eigenvalue weighted by atomic mass is 10.0. The van der Waals surface area contributed by atoms with Crippen molar-refractivity contribution in [3.63, 3.8) is 0 Å². The lowest BCUT2D eigenvalue weighted by Gasteiger charge is -2.14. The van der Waals surface area contributed by atoms with E-state index in [1.807, 2.05) is 26.0 Å². The lowest BCUT2D eigenvalue weighted by molar-refractivity contribution is -0.384. The highest BCUT2D eigenvalue weighted by Crippen LogP contribution is 2.20. The number of ketones is 1. The zero-order chi connectivity index (χ0) is 16.3. The molecule has 0 unspecified atom stereocenters. The SMILES string of the molecule is Cc1ccc(C(=O)[C@@H](C)Oc2ccc([N+](=O)[O-])cc2)cc1C. The molecule has 0 amide bonds. The minimum atomic E-state index is -0.663. The zero-order valence-corrected chi connectivity index (χ0v) is 12.7. The summed E-state index contributed by atoms with van der Waals surface area (Å²) in [5.41, 5.74) is 2.76. The number of carbonyl (C=O) groups is 1. The molecule has 0 N–H and O–H groups in total. The predicted molar refractivity (Wildman–Crippen MR) is 83.4 cm³/mol. The molecule has 5 heteroatoms. The van der Waals surface area contributed by atoms with Gasteiger partial charge in [0.15, 0.2) is 6.10 Å². The van der Waals surface area contributed by atoms with Crippen molar-refractivity contribution in [1.29, 1.82) is 0 Å². The van der Waals surface area contributed by atoms with Crippen molar-refractivity contribution in [1.82, 2.24) is 0 Å². The summed E-state index contributed by atoms with van der Waals surface area (Å²) in [5, 5.41) is 10.6. The number of benzene rings is 2. The molecular formula is C17H17NO4. The van der Waals surface area contributed by atoms with Crippen molar-refractivity contribution < 1.29 is 14.5 Å². The second-order valence-electron chi connectivity index (χ2n) is 5.17. The molecule has 0 fully saturated rings. The Balaban J connectivity index is 2.10. The van der Waals surface area contributed by atoms with Crippen LogP contribution in [0.1, 0.15) is 28.4 Å². The van der Waals surface area contributed by atoms with E-state index in [4.69, 9.17) is 4.74 Å². The molecule has 1 atom stereocenters. The smallest absolute Gasteiger partial charge is 0.269 e. The summed E-state index contributed by atoms with van der Waals surface area (Å²) in [6.45, 7) is 5.60. The molecule has 0 heterocycles. The van der Waals surface area contributed by atoms with Crippen LogP contribution in [0, 0.1) is 24.0 Å². The normalized spacial score (nSPS) is 11.8. The quantitative estimate of drug-likeness (QED) is 0.477. The van der Waals surface area contributed by atoms with E-state index in [0.29, 0.717) is 11.3 Å². The van der Waals surface area contributed by atoms with Gasteiger partial charge in [0.25, 0.3) is 5.69 Å². The molecule has 2 rings (SSSR count). The summed E-state index contributed by atoms with van der Waals surface area (Å²) in [6, 6.07) is 11.2. The fourth-order valence-electron chi connectivity index (χ4n) is 2.03. The summed E-state index contributed by atoms with van der Waals surface area (Å²) in [4.78, 5) is 22.5. The second kappa shape index (κ2) is 6.39. The van der Waals surface area contributed by atoms with Crippen molar-refractivity contribution in [2.75, 3.05) is 0 Å². The van der Waals surface area contributed by atoms with Gasteiger partial charge in [0.05, 0.1) is 4.92 Å². The van der Waals surface area contributed by atoms with Crippen molar-refractivity contribution in [3.8, 4) is 5.75 Å². The number of aryl methyl sites for hydroxylation is 2. The molecule has 2 aromatic rings. The van der Waals surface area contributed by atoms with Crippen LogP contribution in [0.3, 0.4) is 0 Å². The number of nitro groups is 1. The van der Waals surface area contributed by atoms with Crippen LogP contribution >= 0.6 is 0 Å². The van der Waals surface area contributed by atoms with Crippen molar-refractivity contribution >= 4 is 11.5 Å². The molecule has 2 aromatic carbocycles. The molecule has 22 heavy (non-hydrogen) atoms. The first kappa shape index (κ1) is 15.7. The molecule has 0 saturated carbocycles.